The van der Waals surface area contributed by atoms with Gasteiger partial charge in [-0.15, -0.1) is 11.3 Å². The average Bonchev–Trinajstić information content (AvgIpc) is 2.64. The van der Waals surface area contributed by atoms with Crippen LogP contribution in [-0.4, -0.2) is 0 Å². The Kier molecular flexibility index (Phi) is 3.96. The van der Waals surface area contributed by atoms with Gasteiger partial charge in [0.2, 0.25) is 0 Å². The minimum Gasteiger partial charge on any atom is -0.144 e. The Morgan fingerprint density at radius 3 is 2.50 bits per heavy atom. The van der Waals surface area contributed by atoms with Gasteiger partial charge in [0.25, 0.3) is 0 Å². The maximum Gasteiger partial charge on any atom is 0.0752 e. The van der Waals surface area contributed by atoms with Crippen LogP contribution in [0.25, 0.3) is 0 Å². The Hall–Kier alpha value is -0.0200. The van der Waals surface area contributed by atoms with E-state index in [0.717, 1.165) is 5.56 Å². The molecule has 84 valence electrons. The molecule has 0 nitrogen and oxygen atoms in total. The van der Waals surface area contributed by atoms with Crippen LogP contribution in [0.3, 0.4) is 0 Å². The highest BCUT2D eigenvalue weighted by molar-refractivity contribution is 9.09. The summed E-state index contributed by atoms with van der Waals surface area (Å²) in [7, 11) is 0. The lowest BCUT2D eigenvalue weighted by Crippen LogP contribution is -1.90. The van der Waals surface area contributed by atoms with Crippen LogP contribution < -0.4 is 0 Å². The van der Waals surface area contributed by atoms with E-state index < -0.39 is 0 Å². The van der Waals surface area contributed by atoms with Crippen molar-refractivity contribution in [2.75, 3.05) is 0 Å². The Morgan fingerprint density at radius 1 is 1.19 bits per heavy atom. The lowest BCUT2D eigenvalue weighted by atomic mass is 10.1. The van der Waals surface area contributed by atoms with Crippen molar-refractivity contribution in [1.82, 2.24) is 0 Å². The van der Waals surface area contributed by atoms with Gasteiger partial charge in [0.1, 0.15) is 0 Å². The van der Waals surface area contributed by atoms with E-state index >= 15 is 0 Å². The number of halogens is 3. The second-order valence-electron chi connectivity index (χ2n) is 3.48. The largest absolute Gasteiger partial charge is 0.144 e. The molecule has 0 spiro atoms. The maximum atomic E-state index is 6.17. The van der Waals surface area contributed by atoms with E-state index in [1.807, 2.05) is 12.1 Å². The zero-order valence-electron chi connectivity index (χ0n) is 8.51. The molecule has 2 rings (SSSR count). The summed E-state index contributed by atoms with van der Waals surface area (Å²) in [6, 6.07) is 9.81. The molecule has 0 N–H and O–H groups in total. The number of hydrogen-bond acceptors (Lipinski definition) is 1. The average molecular weight is 336 g/mol. The van der Waals surface area contributed by atoms with Gasteiger partial charge in [-0.2, -0.15) is 0 Å². The van der Waals surface area contributed by atoms with Gasteiger partial charge in [0, 0.05) is 19.8 Å². The van der Waals surface area contributed by atoms with E-state index in [-0.39, 0.29) is 4.83 Å². The number of thiophene rings is 1. The molecule has 0 aliphatic heterocycles. The first-order chi connectivity index (χ1) is 7.58. The van der Waals surface area contributed by atoms with Crippen LogP contribution in [0.15, 0.2) is 30.3 Å². The van der Waals surface area contributed by atoms with Crippen molar-refractivity contribution in [3.05, 3.63) is 55.7 Å². The number of hydrogen-bond donors (Lipinski definition) is 0. The molecule has 0 aliphatic rings. The smallest absolute Gasteiger partial charge is 0.0752 e. The van der Waals surface area contributed by atoms with Gasteiger partial charge in [-0.3, -0.25) is 0 Å². The molecule has 1 atom stereocenters. The summed E-state index contributed by atoms with van der Waals surface area (Å²) in [4.78, 5) is 2.68. The van der Waals surface area contributed by atoms with Gasteiger partial charge < -0.3 is 0 Å². The highest BCUT2D eigenvalue weighted by atomic mass is 79.9. The third-order valence-corrected chi connectivity index (χ3v) is 5.16. The quantitative estimate of drug-likeness (QED) is 0.604. The SMILES string of the molecule is Cc1ccc(C(Br)c2ccc(Cl)cc2Cl)s1. The first-order valence-electron chi connectivity index (χ1n) is 4.73. The predicted octanol–water partition coefficient (Wildman–Crippen LogP) is 5.85. The standard InChI is InChI=1S/C12H9BrCl2S/c1-7-2-5-11(16-7)12(13)9-4-3-8(14)6-10(9)15/h2-6,12H,1H3. The fourth-order valence-electron chi connectivity index (χ4n) is 1.45. The van der Waals surface area contributed by atoms with E-state index in [1.54, 1.807) is 17.4 Å². The van der Waals surface area contributed by atoms with Crippen molar-refractivity contribution in [1.29, 1.82) is 0 Å². The van der Waals surface area contributed by atoms with Crippen molar-refractivity contribution >= 4 is 50.5 Å². The summed E-state index contributed by atoms with van der Waals surface area (Å²) in [5.41, 5.74) is 1.05. The fourth-order valence-corrected chi connectivity index (χ4v) is 3.81. The van der Waals surface area contributed by atoms with E-state index in [0.29, 0.717) is 10.0 Å². The zero-order valence-corrected chi connectivity index (χ0v) is 12.4. The van der Waals surface area contributed by atoms with Crippen LogP contribution in [0.4, 0.5) is 0 Å². The molecule has 0 fully saturated rings. The van der Waals surface area contributed by atoms with Crippen molar-refractivity contribution in [2.24, 2.45) is 0 Å². The van der Waals surface area contributed by atoms with E-state index in [4.69, 9.17) is 23.2 Å². The van der Waals surface area contributed by atoms with E-state index in [9.17, 15) is 0 Å². The minimum absolute atomic E-state index is 0.135. The molecular formula is C12H9BrCl2S. The normalized spacial score (nSPS) is 12.8. The molecule has 2 aromatic rings. The lowest BCUT2D eigenvalue weighted by Gasteiger charge is -2.10. The molecule has 0 saturated carbocycles. The van der Waals surface area contributed by atoms with Gasteiger partial charge in [0.15, 0.2) is 0 Å². The summed E-state index contributed by atoms with van der Waals surface area (Å²) in [6.45, 7) is 2.09. The Balaban J connectivity index is 2.37. The molecule has 16 heavy (non-hydrogen) atoms. The molecule has 0 aliphatic carbocycles. The third-order valence-electron chi connectivity index (χ3n) is 2.25. The Labute approximate surface area is 117 Å². The Morgan fingerprint density at radius 2 is 1.94 bits per heavy atom. The molecule has 1 heterocycles. The molecule has 1 unspecified atom stereocenters. The molecule has 0 saturated heterocycles. The van der Waals surface area contributed by atoms with Crippen molar-refractivity contribution < 1.29 is 0 Å². The summed E-state index contributed by atoms with van der Waals surface area (Å²) in [5.74, 6) is 0. The first-order valence-corrected chi connectivity index (χ1v) is 7.22. The molecule has 1 aromatic heterocycles. The van der Waals surface area contributed by atoms with E-state index in [1.165, 1.54) is 9.75 Å². The summed E-state index contributed by atoms with van der Waals surface area (Å²) in [6.07, 6.45) is 0. The maximum absolute atomic E-state index is 6.17. The predicted molar refractivity (Wildman–Crippen MR) is 76.3 cm³/mol. The molecule has 0 bridgehead atoms. The van der Waals surface area contributed by atoms with Gasteiger partial charge in [-0.05, 0) is 36.8 Å². The van der Waals surface area contributed by atoms with Crippen molar-refractivity contribution in [3.8, 4) is 0 Å². The number of rotatable bonds is 2. The van der Waals surface area contributed by atoms with Crippen molar-refractivity contribution in [3.63, 3.8) is 0 Å². The van der Waals surface area contributed by atoms with Crippen LogP contribution in [0.5, 0.6) is 0 Å². The highest BCUT2D eigenvalue weighted by Crippen LogP contribution is 2.39. The van der Waals surface area contributed by atoms with Crippen LogP contribution >= 0.6 is 50.5 Å². The first kappa shape index (κ1) is 12.4. The highest BCUT2D eigenvalue weighted by Gasteiger charge is 2.15. The molecule has 1 aromatic carbocycles. The van der Waals surface area contributed by atoms with Crippen LogP contribution in [0.2, 0.25) is 10.0 Å². The number of alkyl halides is 1. The molecule has 0 amide bonds. The van der Waals surface area contributed by atoms with E-state index in [2.05, 4.69) is 35.0 Å². The van der Waals surface area contributed by atoms with Crippen molar-refractivity contribution in [2.45, 2.75) is 11.8 Å². The van der Waals surface area contributed by atoms with Crippen LogP contribution in [0.1, 0.15) is 20.1 Å². The topological polar surface area (TPSA) is 0 Å². The monoisotopic (exact) mass is 334 g/mol. The minimum atomic E-state index is 0.135. The zero-order chi connectivity index (χ0) is 11.7. The van der Waals surface area contributed by atoms with Gasteiger partial charge in [0.05, 0.1) is 4.83 Å². The molecular weight excluding hydrogens is 327 g/mol. The second-order valence-corrected chi connectivity index (χ2v) is 6.56. The summed E-state index contributed by atoms with van der Waals surface area (Å²) >= 11 is 17.5. The molecule has 0 radical (unpaired) electrons. The summed E-state index contributed by atoms with van der Waals surface area (Å²) in [5, 5.41) is 1.36. The van der Waals surface area contributed by atoms with Gasteiger partial charge >= 0.3 is 0 Å². The van der Waals surface area contributed by atoms with Crippen LogP contribution in [-0.2, 0) is 0 Å². The Bertz CT molecular complexity index is 507. The van der Waals surface area contributed by atoms with Crippen LogP contribution in [0, 0.1) is 6.92 Å². The second kappa shape index (κ2) is 5.09. The number of aryl methyl sites for hydroxylation is 1. The number of benzene rings is 1. The fraction of sp³-hybridized carbons (Fsp3) is 0.167. The van der Waals surface area contributed by atoms with Gasteiger partial charge in [-0.1, -0.05) is 45.2 Å². The molecule has 4 heteroatoms. The summed E-state index contributed by atoms with van der Waals surface area (Å²) < 4.78 is 0. The van der Waals surface area contributed by atoms with Gasteiger partial charge in [-0.25, -0.2) is 0 Å². The third kappa shape index (κ3) is 2.62. The lowest BCUT2D eigenvalue weighted by molar-refractivity contribution is 1.23.